The molecule has 1 aliphatic carbocycles. The largest absolute Gasteiger partial charge is 0.493 e. The van der Waals surface area contributed by atoms with Crippen molar-refractivity contribution in [2.75, 3.05) is 20.3 Å². The zero-order valence-corrected chi connectivity index (χ0v) is 21.6. The number of aliphatic hydroxyl groups excluding tert-OH is 3. The summed E-state index contributed by atoms with van der Waals surface area (Å²) < 4.78 is 26.3. The SMILES string of the molecule is COc1cc(CO)cc2c1OC1C2C(C(=O)NCCO)=CC(N(Cc2ccccc2F)C(=O)C(C)C)C1O. The van der Waals surface area contributed by atoms with E-state index in [1.165, 1.54) is 24.2 Å². The van der Waals surface area contributed by atoms with Crippen LogP contribution in [0.1, 0.15) is 36.5 Å². The molecule has 10 heteroatoms. The van der Waals surface area contributed by atoms with E-state index in [4.69, 9.17) is 9.47 Å². The third-order valence-electron chi connectivity index (χ3n) is 6.93. The summed E-state index contributed by atoms with van der Waals surface area (Å²) in [6.45, 7) is 2.72. The molecule has 1 heterocycles. The van der Waals surface area contributed by atoms with Crippen LogP contribution in [0.3, 0.4) is 0 Å². The van der Waals surface area contributed by atoms with Gasteiger partial charge >= 0.3 is 0 Å². The molecule has 0 fully saturated rings. The van der Waals surface area contributed by atoms with Crippen LogP contribution in [-0.2, 0) is 22.7 Å². The van der Waals surface area contributed by atoms with E-state index in [0.717, 1.165) is 0 Å². The molecule has 2 aromatic carbocycles. The lowest BCUT2D eigenvalue weighted by Crippen LogP contribution is -2.56. The number of aliphatic hydroxyl groups is 3. The first kappa shape index (κ1) is 27.6. The molecule has 0 saturated carbocycles. The number of nitrogens with one attached hydrogen (secondary N) is 1. The minimum absolute atomic E-state index is 0.00163. The highest BCUT2D eigenvalue weighted by Gasteiger charge is 2.51. The van der Waals surface area contributed by atoms with E-state index < -0.39 is 41.8 Å². The van der Waals surface area contributed by atoms with E-state index in [-0.39, 0.29) is 43.3 Å². The molecule has 0 radical (unpaired) electrons. The van der Waals surface area contributed by atoms with Crippen molar-refractivity contribution in [1.82, 2.24) is 10.2 Å². The average Bonchev–Trinajstić information content (AvgIpc) is 3.31. The summed E-state index contributed by atoms with van der Waals surface area (Å²) in [4.78, 5) is 28.1. The Bertz CT molecular complexity index is 1230. The Balaban J connectivity index is 1.84. The van der Waals surface area contributed by atoms with Crippen molar-refractivity contribution in [3.8, 4) is 11.5 Å². The molecule has 0 saturated heterocycles. The Morgan fingerprint density at radius 2 is 1.95 bits per heavy atom. The number of nitrogens with zero attached hydrogens (tertiary/aromatic N) is 1. The number of hydrogen-bond donors (Lipinski definition) is 4. The third-order valence-corrected chi connectivity index (χ3v) is 6.93. The molecule has 4 N–H and O–H groups in total. The molecule has 1 aliphatic heterocycles. The number of rotatable bonds is 9. The highest BCUT2D eigenvalue weighted by molar-refractivity contribution is 5.96. The lowest BCUT2D eigenvalue weighted by Gasteiger charge is -2.41. The summed E-state index contributed by atoms with van der Waals surface area (Å²) >= 11 is 0. The number of fused-ring (bicyclic) bond motifs is 3. The maximum absolute atomic E-state index is 14.6. The molecule has 0 spiro atoms. The van der Waals surface area contributed by atoms with Crippen LogP contribution in [0.4, 0.5) is 4.39 Å². The highest BCUT2D eigenvalue weighted by atomic mass is 19.1. The second-order valence-electron chi connectivity index (χ2n) is 9.73. The fourth-order valence-corrected chi connectivity index (χ4v) is 5.09. The zero-order valence-electron chi connectivity index (χ0n) is 21.6. The third kappa shape index (κ3) is 5.11. The van der Waals surface area contributed by atoms with Crippen LogP contribution in [0, 0.1) is 11.7 Å². The van der Waals surface area contributed by atoms with E-state index >= 15 is 0 Å². The van der Waals surface area contributed by atoms with E-state index in [1.54, 1.807) is 44.2 Å². The van der Waals surface area contributed by atoms with Gasteiger partial charge in [-0.25, -0.2) is 4.39 Å². The predicted octanol–water partition coefficient (Wildman–Crippen LogP) is 1.63. The quantitative estimate of drug-likeness (QED) is 0.390. The van der Waals surface area contributed by atoms with Gasteiger partial charge in [0.1, 0.15) is 18.0 Å². The molecular weight excluding hydrogens is 495 g/mol. The van der Waals surface area contributed by atoms with Crippen LogP contribution in [-0.4, -0.2) is 70.5 Å². The Hall–Kier alpha value is -3.47. The van der Waals surface area contributed by atoms with Crippen molar-refractivity contribution in [1.29, 1.82) is 0 Å². The number of carbonyl (C=O) groups excluding carboxylic acids is 2. The topological polar surface area (TPSA) is 129 Å². The summed E-state index contributed by atoms with van der Waals surface area (Å²) in [5, 5.41) is 33.3. The maximum atomic E-state index is 14.6. The van der Waals surface area contributed by atoms with Crippen molar-refractivity contribution < 1.29 is 38.8 Å². The first-order valence-electron chi connectivity index (χ1n) is 12.5. The number of carbonyl (C=O) groups is 2. The van der Waals surface area contributed by atoms with Crippen molar-refractivity contribution >= 4 is 11.8 Å². The number of methoxy groups -OCH3 is 1. The molecule has 38 heavy (non-hydrogen) atoms. The molecule has 0 bridgehead atoms. The van der Waals surface area contributed by atoms with Crippen LogP contribution < -0.4 is 14.8 Å². The van der Waals surface area contributed by atoms with E-state index in [1.807, 2.05) is 0 Å². The molecule has 9 nitrogen and oxygen atoms in total. The van der Waals surface area contributed by atoms with Crippen molar-refractivity contribution in [2.24, 2.45) is 5.92 Å². The van der Waals surface area contributed by atoms with Crippen LogP contribution in [0.15, 0.2) is 48.0 Å². The molecule has 2 aromatic rings. The van der Waals surface area contributed by atoms with Crippen molar-refractivity contribution in [2.45, 2.75) is 51.2 Å². The maximum Gasteiger partial charge on any atom is 0.247 e. The predicted molar refractivity (Wildman–Crippen MR) is 136 cm³/mol. The molecule has 2 amide bonds. The standard InChI is InChI=1S/C28H33FN2O7/c1-15(2)28(36)31(13-17-6-4-5-7-20(17)29)21-12-19(27(35)30-8-9-32)23-18-10-16(14-33)11-22(37-3)25(18)38-26(23)24(21)34/h4-7,10-12,15,21,23-24,26,32-34H,8-9,13-14H2,1-3H3,(H,30,35). The minimum atomic E-state index is -1.28. The van der Waals surface area contributed by atoms with Gasteiger partial charge in [-0.05, 0) is 29.8 Å². The number of amides is 2. The smallest absolute Gasteiger partial charge is 0.247 e. The summed E-state index contributed by atoms with van der Waals surface area (Å²) in [6.07, 6.45) is -0.727. The van der Waals surface area contributed by atoms with Crippen LogP contribution in [0.2, 0.25) is 0 Å². The van der Waals surface area contributed by atoms with Crippen LogP contribution in [0.5, 0.6) is 11.5 Å². The lowest BCUT2D eigenvalue weighted by atomic mass is 9.77. The fraction of sp³-hybridized carbons (Fsp3) is 0.429. The van der Waals surface area contributed by atoms with Gasteiger partial charge in [0, 0.05) is 35.7 Å². The van der Waals surface area contributed by atoms with Gasteiger partial charge in [0.05, 0.1) is 32.3 Å². The van der Waals surface area contributed by atoms with Crippen molar-refractivity contribution in [3.63, 3.8) is 0 Å². The molecular formula is C28H33FN2O7. The van der Waals surface area contributed by atoms with Gasteiger partial charge in [-0.15, -0.1) is 0 Å². The van der Waals surface area contributed by atoms with Gasteiger partial charge in [-0.1, -0.05) is 32.0 Å². The van der Waals surface area contributed by atoms with Crippen molar-refractivity contribution in [3.05, 3.63) is 70.6 Å². The first-order valence-corrected chi connectivity index (χ1v) is 12.5. The number of benzene rings is 2. The van der Waals surface area contributed by atoms with E-state index in [2.05, 4.69) is 5.32 Å². The monoisotopic (exact) mass is 528 g/mol. The van der Waals surface area contributed by atoms with Gasteiger partial charge < -0.3 is 35.0 Å². The van der Waals surface area contributed by atoms with Gasteiger partial charge in [-0.2, -0.15) is 0 Å². The van der Waals surface area contributed by atoms with Crippen LogP contribution >= 0.6 is 0 Å². The number of halogens is 1. The second kappa shape index (κ2) is 11.5. The number of hydrogen-bond acceptors (Lipinski definition) is 7. The van der Waals surface area contributed by atoms with Gasteiger partial charge in [-0.3, -0.25) is 9.59 Å². The highest BCUT2D eigenvalue weighted by Crippen LogP contribution is 2.51. The molecule has 0 aromatic heterocycles. The summed E-state index contributed by atoms with van der Waals surface area (Å²) in [5.41, 5.74) is 1.58. The van der Waals surface area contributed by atoms with Gasteiger partial charge in [0.2, 0.25) is 11.8 Å². The van der Waals surface area contributed by atoms with E-state index in [9.17, 15) is 29.3 Å². The zero-order chi connectivity index (χ0) is 27.6. The van der Waals surface area contributed by atoms with Crippen LogP contribution in [0.25, 0.3) is 0 Å². The van der Waals surface area contributed by atoms with Gasteiger partial charge in [0.15, 0.2) is 11.5 Å². The Morgan fingerprint density at radius 1 is 1.21 bits per heavy atom. The average molecular weight is 529 g/mol. The lowest BCUT2D eigenvalue weighted by molar-refractivity contribution is -0.141. The molecule has 2 aliphatic rings. The minimum Gasteiger partial charge on any atom is -0.493 e. The molecule has 204 valence electrons. The fourth-order valence-electron chi connectivity index (χ4n) is 5.09. The summed E-state index contributed by atoms with van der Waals surface area (Å²) in [7, 11) is 1.45. The Kier molecular flexibility index (Phi) is 8.35. The Labute approximate surface area is 220 Å². The normalized spacial score (nSPS) is 21.7. The Morgan fingerprint density at radius 3 is 2.58 bits per heavy atom. The summed E-state index contributed by atoms with van der Waals surface area (Å²) in [5.74, 6) is -1.87. The second-order valence-corrected chi connectivity index (χ2v) is 9.73. The molecule has 4 unspecified atom stereocenters. The van der Waals surface area contributed by atoms with E-state index in [0.29, 0.717) is 22.6 Å². The van der Waals surface area contributed by atoms with Gasteiger partial charge in [0.25, 0.3) is 0 Å². The first-order chi connectivity index (χ1) is 18.2. The summed E-state index contributed by atoms with van der Waals surface area (Å²) in [6, 6.07) is 8.37. The number of ether oxygens (including phenoxy) is 2. The molecule has 4 atom stereocenters. The molecule has 4 rings (SSSR count).